The Kier molecular flexibility index (Phi) is 4.24. The maximum absolute atomic E-state index is 10.1. The molecule has 0 spiro atoms. The van der Waals surface area contributed by atoms with E-state index in [9.17, 15) is 5.11 Å². The first-order valence-corrected chi connectivity index (χ1v) is 8.07. The zero-order valence-corrected chi connectivity index (χ0v) is 14.5. The van der Waals surface area contributed by atoms with E-state index in [-0.39, 0.29) is 0 Å². The van der Waals surface area contributed by atoms with Crippen molar-refractivity contribution in [3.05, 3.63) is 48.5 Å². The molecule has 1 N–H and O–H groups in total. The molecule has 3 rings (SSSR count). The minimum atomic E-state index is -0.912. The number of rotatable bonds is 5. The molecule has 4 nitrogen and oxygen atoms in total. The summed E-state index contributed by atoms with van der Waals surface area (Å²) in [6, 6.07) is 15.6. The molecular weight excluding hydrogens is 301 g/mol. The lowest BCUT2D eigenvalue weighted by molar-refractivity contribution is -0.0893. The van der Waals surface area contributed by atoms with Crippen LogP contribution < -0.4 is 5.46 Å². The Labute approximate surface area is 142 Å². The summed E-state index contributed by atoms with van der Waals surface area (Å²) in [5, 5.41) is 10.1. The fourth-order valence-electron chi connectivity index (χ4n) is 2.18. The highest BCUT2D eigenvalue weighted by molar-refractivity contribution is 6.47. The molecule has 2 aromatic carbocycles. The largest absolute Gasteiger partial charge is 0.436 e. The Hall–Kier alpha value is -2.11. The van der Waals surface area contributed by atoms with E-state index in [0.717, 1.165) is 22.1 Å². The average Bonchev–Trinajstić information content (AvgIpc) is 2.96. The van der Waals surface area contributed by atoms with Crippen LogP contribution in [0.3, 0.4) is 0 Å². The van der Waals surface area contributed by atoms with Crippen molar-refractivity contribution in [3.8, 4) is 11.5 Å². The normalized spacial score (nSPS) is 12.5. The van der Waals surface area contributed by atoms with Crippen molar-refractivity contribution in [2.24, 2.45) is 0 Å². The maximum Gasteiger partial charge on any atom is 0.309 e. The molecule has 124 valence electrons. The van der Waals surface area contributed by atoms with Crippen LogP contribution in [-0.2, 0) is 4.65 Å². The Bertz CT molecular complexity index is 799. The molecule has 0 bridgehead atoms. The first-order chi connectivity index (χ1) is 11.3. The first kappa shape index (κ1) is 16.7. The Morgan fingerprint density at radius 3 is 2.29 bits per heavy atom. The number of nitrogens with zero attached hydrogens (tertiary/aromatic N) is 1. The van der Waals surface area contributed by atoms with Crippen LogP contribution in [0, 0.1) is 0 Å². The smallest absolute Gasteiger partial charge is 0.309 e. The summed E-state index contributed by atoms with van der Waals surface area (Å²) in [5.41, 5.74) is 2.06. The van der Waals surface area contributed by atoms with Crippen LogP contribution in [0.5, 0.6) is 0 Å². The molecule has 0 unspecified atom stereocenters. The number of hydrogen-bond acceptors (Lipinski definition) is 4. The Balaban J connectivity index is 1.74. The van der Waals surface area contributed by atoms with E-state index in [4.69, 9.17) is 9.07 Å². The second-order valence-corrected chi connectivity index (χ2v) is 7.04. The van der Waals surface area contributed by atoms with Gasteiger partial charge in [0.2, 0.25) is 5.89 Å². The third-order valence-corrected chi connectivity index (χ3v) is 4.57. The molecule has 5 heteroatoms. The minimum Gasteiger partial charge on any atom is -0.436 e. The fraction of sp³-hybridized carbons (Fsp3) is 0.316. The standard InChI is InChI=1S/C19H22BNO3/c1-18(2,22)19(3,4)24-20-14-11-9-13(10-12-14)17-21-15-7-5-6-8-16(15)23-17/h5-12,20,22H,1-4H3. The van der Waals surface area contributed by atoms with Crippen molar-refractivity contribution in [2.45, 2.75) is 38.9 Å². The molecule has 1 heterocycles. The van der Waals surface area contributed by atoms with E-state index in [1.807, 2.05) is 62.4 Å². The number of oxazole rings is 1. The third kappa shape index (κ3) is 3.37. The summed E-state index contributed by atoms with van der Waals surface area (Å²) < 4.78 is 11.7. The van der Waals surface area contributed by atoms with Crippen molar-refractivity contribution in [1.29, 1.82) is 0 Å². The van der Waals surface area contributed by atoms with Gasteiger partial charge in [-0.1, -0.05) is 29.7 Å². The van der Waals surface area contributed by atoms with Gasteiger partial charge in [-0.3, -0.25) is 0 Å². The molecule has 3 aromatic rings. The second-order valence-electron chi connectivity index (χ2n) is 7.04. The number of fused-ring (bicyclic) bond motifs is 1. The molecule has 0 amide bonds. The predicted molar refractivity (Wildman–Crippen MR) is 97.7 cm³/mol. The maximum atomic E-state index is 10.1. The monoisotopic (exact) mass is 323 g/mol. The van der Waals surface area contributed by atoms with Crippen LogP contribution in [0.15, 0.2) is 52.9 Å². The Morgan fingerprint density at radius 1 is 1.00 bits per heavy atom. The molecule has 0 saturated heterocycles. The zero-order valence-electron chi connectivity index (χ0n) is 14.5. The molecule has 0 aliphatic carbocycles. The minimum absolute atomic E-state index is 0.435. The van der Waals surface area contributed by atoms with Crippen LogP contribution in [0.25, 0.3) is 22.6 Å². The SMILES string of the molecule is CC(C)(O)C(C)(C)OBc1ccc(-c2nc3ccccc3o2)cc1. The summed E-state index contributed by atoms with van der Waals surface area (Å²) in [6.07, 6.45) is 0. The molecule has 0 saturated carbocycles. The van der Waals surface area contributed by atoms with E-state index >= 15 is 0 Å². The van der Waals surface area contributed by atoms with Crippen LogP contribution in [-0.4, -0.2) is 28.8 Å². The Morgan fingerprint density at radius 2 is 1.67 bits per heavy atom. The van der Waals surface area contributed by atoms with Crippen LogP contribution in [0.4, 0.5) is 0 Å². The van der Waals surface area contributed by atoms with Gasteiger partial charge in [-0.15, -0.1) is 0 Å². The molecule has 1 aromatic heterocycles. The van der Waals surface area contributed by atoms with Gasteiger partial charge in [-0.25, -0.2) is 4.98 Å². The molecule has 0 aliphatic heterocycles. The van der Waals surface area contributed by atoms with E-state index in [1.165, 1.54) is 0 Å². The fourth-order valence-corrected chi connectivity index (χ4v) is 2.18. The number of aromatic nitrogens is 1. The highest BCUT2D eigenvalue weighted by atomic mass is 16.5. The molecule has 0 radical (unpaired) electrons. The summed E-state index contributed by atoms with van der Waals surface area (Å²) in [6.45, 7) is 7.28. The van der Waals surface area contributed by atoms with Crippen LogP contribution in [0.2, 0.25) is 0 Å². The highest BCUT2D eigenvalue weighted by Gasteiger charge is 2.35. The van der Waals surface area contributed by atoms with E-state index in [2.05, 4.69) is 4.98 Å². The average molecular weight is 323 g/mol. The second kappa shape index (κ2) is 6.08. The lowest BCUT2D eigenvalue weighted by Gasteiger charge is -2.37. The lowest BCUT2D eigenvalue weighted by atomic mass is 9.82. The van der Waals surface area contributed by atoms with E-state index in [0.29, 0.717) is 13.4 Å². The van der Waals surface area contributed by atoms with Crippen molar-refractivity contribution in [3.63, 3.8) is 0 Å². The van der Waals surface area contributed by atoms with Gasteiger partial charge in [-0.2, -0.15) is 0 Å². The number of hydrogen-bond donors (Lipinski definition) is 1. The molecule has 24 heavy (non-hydrogen) atoms. The van der Waals surface area contributed by atoms with Crippen LogP contribution >= 0.6 is 0 Å². The summed E-state index contributed by atoms with van der Waals surface area (Å²) in [5.74, 6) is 0.612. The van der Waals surface area contributed by atoms with Crippen molar-refractivity contribution < 1.29 is 14.2 Å². The van der Waals surface area contributed by atoms with Crippen molar-refractivity contribution in [1.82, 2.24) is 4.98 Å². The molecule has 0 atom stereocenters. The van der Waals surface area contributed by atoms with Gasteiger partial charge in [0.05, 0.1) is 11.2 Å². The molecular formula is C19H22BNO3. The lowest BCUT2D eigenvalue weighted by Crippen LogP contribution is -2.49. The van der Waals surface area contributed by atoms with Gasteiger partial charge in [0.15, 0.2) is 5.58 Å². The first-order valence-electron chi connectivity index (χ1n) is 8.07. The van der Waals surface area contributed by atoms with Gasteiger partial charge in [0.1, 0.15) is 5.52 Å². The van der Waals surface area contributed by atoms with Gasteiger partial charge >= 0.3 is 7.48 Å². The van der Waals surface area contributed by atoms with E-state index in [1.54, 1.807) is 13.8 Å². The summed E-state index contributed by atoms with van der Waals surface area (Å²) in [4.78, 5) is 4.50. The van der Waals surface area contributed by atoms with Gasteiger partial charge < -0.3 is 14.2 Å². The van der Waals surface area contributed by atoms with Crippen LogP contribution in [0.1, 0.15) is 27.7 Å². The van der Waals surface area contributed by atoms with Gasteiger partial charge in [0.25, 0.3) is 0 Å². The van der Waals surface area contributed by atoms with Gasteiger partial charge in [0, 0.05) is 5.56 Å². The number of para-hydroxylation sites is 2. The zero-order chi connectivity index (χ0) is 17.4. The van der Waals surface area contributed by atoms with Crippen molar-refractivity contribution >= 4 is 24.0 Å². The topological polar surface area (TPSA) is 55.5 Å². The third-order valence-electron chi connectivity index (χ3n) is 4.57. The van der Waals surface area contributed by atoms with Crippen molar-refractivity contribution in [2.75, 3.05) is 0 Å². The van der Waals surface area contributed by atoms with E-state index < -0.39 is 11.2 Å². The summed E-state index contributed by atoms with van der Waals surface area (Å²) >= 11 is 0. The molecule has 0 fully saturated rings. The molecule has 0 aliphatic rings. The predicted octanol–water partition coefficient (Wildman–Crippen LogP) is 3.04. The number of aliphatic hydroxyl groups is 1. The number of benzene rings is 2. The highest BCUT2D eigenvalue weighted by Crippen LogP contribution is 2.25. The quantitative estimate of drug-likeness (QED) is 0.733. The summed E-state index contributed by atoms with van der Waals surface area (Å²) in [7, 11) is 0.435. The van der Waals surface area contributed by atoms with Gasteiger partial charge in [-0.05, 0) is 52.0 Å².